The highest BCUT2D eigenvalue weighted by Gasteiger charge is 2.38. The van der Waals surface area contributed by atoms with Crippen molar-refractivity contribution in [3.63, 3.8) is 0 Å². The summed E-state index contributed by atoms with van der Waals surface area (Å²) in [6.07, 6.45) is 0. The quantitative estimate of drug-likeness (QED) is 0.911. The van der Waals surface area contributed by atoms with Gasteiger partial charge in [-0.3, -0.25) is 9.59 Å². The molecule has 1 aromatic rings. The van der Waals surface area contributed by atoms with E-state index in [9.17, 15) is 9.59 Å². The standard InChI is InChI=1S/C13H17NO3S/c1-8-6-14(7-10(8)13(16)17)12(15)9(2)11-4-3-5-18-11/h3-5,8-10H,6-7H2,1-2H3,(H,16,17)/t8-,9?,10-/m1/s1. The van der Waals surface area contributed by atoms with Crippen molar-refractivity contribution < 1.29 is 14.7 Å². The summed E-state index contributed by atoms with van der Waals surface area (Å²) in [4.78, 5) is 26.1. The van der Waals surface area contributed by atoms with Gasteiger partial charge in [0.1, 0.15) is 0 Å². The fourth-order valence-corrected chi connectivity index (χ4v) is 3.18. The van der Waals surface area contributed by atoms with Crippen molar-refractivity contribution in [2.45, 2.75) is 19.8 Å². The SMILES string of the molecule is CC(C(=O)N1C[C@@H](C)[C@H](C(=O)O)C1)c1cccs1. The summed E-state index contributed by atoms with van der Waals surface area (Å²) < 4.78 is 0. The van der Waals surface area contributed by atoms with E-state index >= 15 is 0 Å². The molecule has 1 aliphatic rings. The Labute approximate surface area is 110 Å². The highest BCUT2D eigenvalue weighted by atomic mass is 32.1. The zero-order chi connectivity index (χ0) is 13.3. The maximum absolute atomic E-state index is 12.3. The van der Waals surface area contributed by atoms with Crippen molar-refractivity contribution in [2.24, 2.45) is 11.8 Å². The summed E-state index contributed by atoms with van der Waals surface area (Å²) >= 11 is 1.56. The Balaban J connectivity index is 2.05. The van der Waals surface area contributed by atoms with Crippen LogP contribution in [0.1, 0.15) is 24.6 Å². The van der Waals surface area contributed by atoms with E-state index in [1.54, 1.807) is 16.2 Å². The molecule has 98 valence electrons. The second-order valence-corrected chi connectivity index (χ2v) is 5.88. The van der Waals surface area contributed by atoms with Gasteiger partial charge in [-0.15, -0.1) is 11.3 Å². The highest BCUT2D eigenvalue weighted by Crippen LogP contribution is 2.28. The molecule has 1 aliphatic heterocycles. The van der Waals surface area contributed by atoms with Crippen LogP contribution < -0.4 is 0 Å². The minimum atomic E-state index is -0.804. The molecule has 1 aromatic heterocycles. The third-order valence-electron chi connectivity index (χ3n) is 3.58. The Morgan fingerprint density at radius 3 is 2.72 bits per heavy atom. The Morgan fingerprint density at radius 2 is 2.22 bits per heavy atom. The molecular weight excluding hydrogens is 250 g/mol. The Hall–Kier alpha value is -1.36. The number of thiophene rings is 1. The molecule has 0 radical (unpaired) electrons. The fourth-order valence-electron chi connectivity index (χ4n) is 2.40. The highest BCUT2D eigenvalue weighted by molar-refractivity contribution is 7.10. The number of hydrogen-bond donors (Lipinski definition) is 1. The molecule has 1 N–H and O–H groups in total. The number of likely N-dealkylation sites (tertiary alicyclic amines) is 1. The molecule has 1 amide bonds. The van der Waals surface area contributed by atoms with Crippen LogP contribution >= 0.6 is 11.3 Å². The van der Waals surface area contributed by atoms with E-state index in [2.05, 4.69) is 0 Å². The first-order valence-corrected chi connectivity index (χ1v) is 6.93. The predicted octanol–water partition coefficient (Wildman–Crippen LogP) is 2.03. The van der Waals surface area contributed by atoms with Crippen LogP contribution in [0.5, 0.6) is 0 Å². The zero-order valence-corrected chi connectivity index (χ0v) is 11.3. The number of carbonyl (C=O) groups is 2. The lowest BCUT2D eigenvalue weighted by molar-refractivity contribution is -0.142. The molecule has 1 unspecified atom stereocenters. The van der Waals surface area contributed by atoms with Crippen LogP contribution in [-0.2, 0) is 9.59 Å². The average Bonchev–Trinajstić information content (AvgIpc) is 2.95. The molecule has 0 spiro atoms. The van der Waals surface area contributed by atoms with E-state index in [0.29, 0.717) is 13.1 Å². The molecule has 2 heterocycles. The van der Waals surface area contributed by atoms with Crippen molar-refractivity contribution in [3.8, 4) is 0 Å². The lowest BCUT2D eigenvalue weighted by Gasteiger charge is -2.20. The van der Waals surface area contributed by atoms with E-state index in [1.165, 1.54) is 0 Å². The minimum absolute atomic E-state index is 0.0296. The van der Waals surface area contributed by atoms with Crippen molar-refractivity contribution >= 4 is 23.2 Å². The number of carboxylic acids is 1. The van der Waals surface area contributed by atoms with E-state index < -0.39 is 11.9 Å². The van der Waals surface area contributed by atoms with Gasteiger partial charge >= 0.3 is 5.97 Å². The molecule has 2 rings (SSSR count). The summed E-state index contributed by atoms with van der Waals surface area (Å²) in [6.45, 7) is 4.66. The number of aliphatic carboxylic acids is 1. The van der Waals surface area contributed by atoms with Gasteiger partial charge < -0.3 is 10.0 Å². The van der Waals surface area contributed by atoms with Crippen molar-refractivity contribution in [3.05, 3.63) is 22.4 Å². The number of carboxylic acid groups (broad SMARTS) is 1. The Kier molecular flexibility index (Phi) is 3.71. The van der Waals surface area contributed by atoms with Gasteiger partial charge in [-0.1, -0.05) is 13.0 Å². The largest absolute Gasteiger partial charge is 0.481 e. The van der Waals surface area contributed by atoms with Crippen LogP contribution in [0.2, 0.25) is 0 Å². The number of carbonyl (C=O) groups excluding carboxylic acids is 1. The minimum Gasteiger partial charge on any atom is -0.481 e. The zero-order valence-electron chi connectivity index (χ0n) is 10.5. The fraction of sp³-hybridized carbons (Fsp3) is 0.538. The van der Waals surface area contributed by atoms with E-state index in [0.717, 1.165) is 4.88 Å². The van der Waals surface area contributed by atoms with Gasteiger partial charge in [-0.05, 0) is 24.3 Å². The lowest BCUT2D eigenvalue weighted by Crippen LogP contribution is -2.33. The Bertz CT molecular complexity index is 443. The average molecular weight is 267 g/mol. The number of nitrogens with zero attached hydrogens (tertiary/aromatic N) is 1. The Morgan fingerprint density at radius 1 is 1.50 bits per heavy atom. The normalized spacial score (nSPS) is 25.1. The first-order valence-electron chi connectivity index (χ1n) is 6.05. The second kappa shape index (κ2) is 5.10. The number of amides is 1. The monoisotopic (exact) mass is 267 g/mol. The summed E-state index contributed by atoms with van der Waals surface area (Å²) in [5.74, 6) is -1.34. The summed E-state index contributed by atoms with van der Waals surface area (Å²) in [6, 6.07) is 3.87. The van der Waals surface area contributed by atoms with Gasteiger partial charge in [-0.2, -0.15) is 0 Å². The first kappa shape index (κ1) is 13.1. The van der Waals surface area contributed by atoms with E-state index in [1.807, 2.05) is 31.4 Å². The van der Waals surface area contributed by atoms with Crippen molar-refractivity contribution in [1.29, 1.82) is 0 Å². The van der Waals surface area contributed by atoms with Crippen LogP contribution in [-0.4, -0.2) is 35.0 Å². The molecule has 0 aliphatic carbocycles. The molecular formula is C13H17NO3S. The predicted molar refractivity (Wildman–Crippen MR) is 69.6 cm³/mol. The smallest absolute Gasteiger partial charge is 0.308 e. The maximum Gasteiger partial charge on any atom is 0.308 e. The van der Waals surface area contributed by atoms with Gasteiger partial charge in [0.25, 0.3) is 0 Å². The summed E-state index contributed by atoms with van der Waals surface area (Å²) in [5, 5.41) is 11.0. The van der Waals surface area contributed by atoms with Crippen LogP contribution in [0.3, 0.4) is 0 Å². The van der Waals surface area contributed by atoms with Gasteiger partial charge in [0.15, 0.2) is 0 Å². The molecule has 1 saturated heterocycles. The van der Waals surface area contributed by atoms with Gasteiger partial charge in [0, 0.05) is 18.0 Å². The molecule has 3 atom stereocenters. The summed E-state index contributed by atoms with van der Waals surface area (Å²) in [5.41, 5.74) is 0. The first-order chi connectivity index (χ1) is 8.50. The van der Waals surface area contributed by atoms with E-state index in [4.69, 9.17) is 5.11 Å². The van der Waals surface area contributed by atoms with Crippen molar-refractivity contribution in [1.82, 2.24) is 4.90 Å². The second-order valence-electron chi connectivity index (χ2n) is 4.90. The molecule has 4 nitrogen and oxygen atoms in total. The summed E-state index contributed by atoms with van der Waals surface area (Å²) in [7, 11) is 0. The van der Waals surface area contributed by atoms with Gasteiger partial charge in [-0.25, -0.2) is 0 Å². The lowest BCUT2D eigenvalue weighted by atomic mass is 9.99. The van der Waals surface area contributed by atoms with Gasteiger partial charge in [0.2, 0.25) is 5.91 Å². The van der Waals surface area contributed by atoms with Crippen molar-refractivity contribution in [2.75, 3.05) is 13.1 Å². The molecule has 0 bridgehead atoms. The molecule has 18 heavy (non-hydrogen) atoms. The van der Waals surface area contributed by atoms with E-state index in [-0.39, 0.29) is 17.7 Å². The maximum atomic E-state index is 12.3. The molecule has 1 fully saturated rings. The molecule has 5 heteroatoms. The third kappa shape index (κ3) is 2.41. The molecule has 0 saturated carbocycles. The number of rotatable bonds is 3. The van der Waals surface area contributed by atoms with Crippen LogP contribution in [0, 0.1) is 11.8 Å². The van der Waals surface area contributed by atoms with Crippen LogP contribution in [0.4, 0.5) is 0 Å². The van der Waals surface area contributed by atoms with Crippen LogP contribution in [0.15, 0.2) is 17.5 Å². The van der Waals surface area contributed by atoms with Crippen LogP contribution in [0.25, 0.3) is 0 Å². The number of hydrogen-bond acceptors (Lipinski definition) is 3. The topological polar surface area (TPSA) is 57.6 Å². The third-order valence-corrected chi connectivity index (χ3v) is 4.64. The molecule has 0 aromatic carbocycles. The van der Waals surface area contributed by atoms with Gasteiger partial charge in [0.05, 0.1) is 11.8 Å².